The molecule has 112 valence electrons. The number of rotatable bonds is 3. The molecule has 5 heteroatoms. The summed E-state index contributed by atoms with van der Waals surface area (Å²) in [7, 11) is 0. The number of carboxylic acid groups (broad SMARTS) is 1. The number of fused-ring (bicyclic) bond motifs is 1. The second kappa shape index (κ2) is 5.06. The number of carboxylic acids is 1. The van der Waals surface area contributed by atoms with Crippen molar-refractivity contribution >= 4 is 17.0 Å². The van der Waals surface area contributed by atoms with Crippen LogP contribution in [0.15, 0.2) is 23.0 Å². The van der Waals surface area contributed by atoms with Gasteiger partial charge in [-0.25, -0.2) is 9.59 Å². The van der Waals surface area contributed by atoms with E-state index in [1.165, 1.54) is 19.3 Å². The quantitative estimate of drug-likeness (QED) is 0.911. The molecule has 0 saturated heterocycles. The van der Waals surface area contributed by atoms with Crippen LogP contribution in [0.2, 0.25) is 0 Å². The molecule has 0 spiro atoms. The van der Waals surface area contributed by atoms with Crippen molar-refractivity contribution in [2.75, 3.05) is 0 Å². The first kappa shape index (κ1) is 13.9. The fraction of sp³-hybridized carbons (Fsp3) is 0.500. The Bertz CT molecular complexity index is 736. The zero-order chi connectivity index (χ0) is 15.0. The number of imidazole rings is 1. The molecule has 0 bridgehead atoms. The highest BCUT2D eigenvalue weighted by molar-refractivity contribution is 6.01. The molecule has 1 fully saturated rings. The number of carbonyl (C=O) groups is 1. The predicted molar refractivity (Wildman–Crippen MR) is 80.7 cm³/mol. The van der Waals surface area contributed by atoms with Gasteiger partial charge in [-0.3, -0.25) is 4.57 Å². The van der Waals surface area contributed by atoms with Crippen molar-refractivity contribution < 1.29 is 9.90 Å². The molecule has 3 rings (SSSR count). The minimum absolute atomic E-state index is 0.0722. The summed E-state index contributed by atoms with van der Waals surface area (Å²) in [6.45, 7) is 2.77. The lowest BCUT2D eigenvalue weighted by atomic mass is 9.75. The molecule has 1 heterocycles. The maximum absolute atomic E-state index is 12.2. The molecule has 0 radical (unpaired) electrons. The first-order chi connectivity index (χ1) is 10.0. The van der Waals surface area contributed by atoms with Crippen molar-refractivity contribution in [3.05, 3.63) is 34.2 Å². The van der Waals surface area contributed by atoms with E-state index in [1.54, 1.807) is 22.8 Å². The molecule has 0 aliphatic heterocycles. The standard InChI is InChI=1S/C16H20N2O3/c1-16(8-3-2-4-9-16)10-18-13-11(14(19)20)6-5-7-12(13)17-15(18)21/h5-7H,2-4,8-10H2,1H3,(H,17,21)(H,19,20). The van der Waals surface area contributed by atoms with E-state index in [0.29, 0.717) is 17.6 Å². The van der Waals surface area contributed by atoms with E-state index in [9.17, 15) is 14.7 Å². The Balaban J connectivity index is 2.11. The van der Waals surface area contributed by atoms with Crippen LogP contribution < -0.4 is 5.69 Å². The maximum atomic E-state index is 12.2. The molecular formula is C16H20N2O3. The molecular weight excluding hydrogens is 268 g/mol. The van der Waals surface area contributed by atoms with E-state index in [2.05, 4.69) is 11.9 Å². The Morgan fingerprint density at radius 3 is 2.71 bits per heavy atom. The molecule has 2 N–H and O–H groups in total. The molecule has 2 aromatic rings. The largest absolute Gasteiger partial charge is 0.478 e. The van der Waals surface area contributed by atoms with Gasteiger partial charge in [0.05, 0.1) is 16.6 Å². The second-order valence-corrected chi connectivity index (χ2v) is 6.39. The third kappa shape index (κ3) is 2.48. The minimum atomic E-state index is -0.998. The van der Waals surface area contributed by atoms with Crippen LogP contribution in [0.3, 0.4) is 0 Å². The molecule has 1 aliphatic rings. The van der Waals surface area contributed by atoms with Crippen molar-refractivity contribution in [1.29, 1.82) is 0 Å². The number of H-pyrrole nitrogens is 1. The van der Waals surface area contributed by atoms with Crippen molar-refractivity contribution in [2.24, 2.45) is 5.41 Å². The molecule has 1 aromatic carbocycles. The van der Waals surface area contributed by atoms with Crippen molar-refractivity contribution in [3.8, 4) is 0 Å². The van der Waals surface area contributed by atoms with Crippen LogP contribution in [0.1, 0.15) is 49.4 Å². The smallest absolute Gasteiger partial charge is 0.337 e. The van der Waals surface area contributed by atoms with Gasteiger partial charge in [0.1, 0.15) is 0 Å². The van der Waals surface area contributed by atoms with Gasteiger partial charge >= 0.3 is 11.7 Å². The number of hydrogen-bond acceptors (Lipinski definition) is 2. The van der Waals surface area contributed by atoms with Gasteiger partial charge in [0.2, 0.25) is 0 Å². The van der Waals surface area contributed by atoms with Crippen molar-refractivity contribution in [1.82, 2.24) is 9.55 Å². The van der Waals surface area contributed by atoms with Crippen LogP contribution >= 0.6 is 0 Å². The number of para-hydroxylation sites is 1. The van der Waals surface area contributed by atoms with E-state index in [1.807, 2.05) is 0 Å². The molecule has 0 unspecified atom stereocenters. The highest BCUT2D eigenvalue weighted by Gasteiger charge is 2.29. The molecule has 21 heavy (non-hydrogen) atoms. The lowest BCUT2D eigenvalue weighted by molar-refractivity contribution is 0.0698. The topological polar surface area (TPSA) is 75.1 Å². The molecule has 0 atom stereocenters. The van der Waals surface area contributed by atoms with Crippen LogP contribution in [0, 0.1) is 5.41 Å². The Labute approximate surface area is 122 Å². The SMILES string of the molecule is CC1(Cn2c(=O)[nH]c3cccc(C(=O)O)c32)CCCCC1. The fourth-order valence-electron chi connectivity index (χ4n) is 3.49. The van der Waals surface area contributed by atoms with Gasteiger partial charge in [-0.15, -0.1) is 0 Å². The number of nitrogens with one attached hydrogen (secondary N) is 1. The summed E-state index contributed by atoms with van der Waals surface area (Å²) in [5.74, 6) is -0.998. The zero-order valence-electron chi connectivity index (χ0n) is 12.2. The number of benzene rings is 1. The minimum Gasteiger partial charge on any atom is -0.478 e. The summed E-state index contributed by atoms with van der Waals surface area (Å²) in [5.41, 5.74) is 1.15. The van der Waals surface area contributed by atoms with Crippen molar-refractivity contribution in [3.63, 3.8) is 0 Å². The molecule has 1 saturated carbocycles. The summed E-state index contributed by atoms with van der Waals surface area (Å²) in [5, 5.41) is 9.36. The highest BCUT2D eigenvalue weighted by atomic mass is 16.4. The number of hydrogen-bond donors (Lipinski definition) is 2. The Kier molecular flexibility index (Phi) is 3.35. The van der Waals surface area contributed by atoms with Gasteiger partial charge in [0, 0.05) is 6.54 Å². The number of nitrogens with zero attached hydrogens (tertiary/aromatic N) is 1. The Morgan fingerprint density at radius 2 is 2.05 bits per heavy atom. The normalized spacial score (nSPS) is 18.0. The lowest BCUT2D eigenvalue weighted by Crippen LogP contribution is -2.31. The predicted octanol–water partition coefficient (Wildman–Crippen LogP) is 3.00. The number of aromatic carboxylic acids is 1. The van der Waals surface area contributed by atoms with Gasteiger partial charge in [-0.1, -0.05) is 32.3 Å². The Morgan fingerprint density at radius 1 is 1.33 bits per heavy atom. The summed E-state index contributed by atoms with van der Waals surface area (Å²) in [6.07, 6.45) is 5.78. The monoisotopic (exact) mass is 288 g/mol. The fourth-order valence-corrected chi connectivity index (χ4v) is 3.49. The lowest BCUT2D eigenvalue weighted by Gasteiger charge is -2.33. The average molecular weight is 288 g/mol. The molecule has 1 aliphatic carbocycles. The zero-order valence-corrected chi connectivity index (χ0v) is 12.2. The highest BCUT2D eigenvalue weighted by Crippen LogP contribution is 2.37. The van der Waals surface area contributed by atoms with Gasteiger partial charge in [0.25, 0.3) is 0 Å². The average Bonchev–Trinajstić information content (AvgIpc) is 2.75. The van der Waals surface area contributed by atoms with Gasteiger partial charge in [0.15, 0.2) is 0 Å². The van der Waals surface area contributed by atoms with E-state index >= 15 is 0 Å². The van der Waals surface area contributed by atoms with Crippen LogP contribution in [0.25, 0.3) is 11.0 Å². The van der Waals surface area contributed by atoms with E-state index < -0.39 is 5.97 Å². The van der Waals surface area contributed by atoms with Crippen LogP contribution in [0.5, 0.6) is 0 Å². The number of aromatic nitrogens is 2. The first-order valence-electron chi connectivity index (χ1n) is 7.45. The maximum Gasteiger partial charge on any atom is 0.337 e. The van der Waals surface area contributed by atoms with Gasteiger partial charge < -0.3 is 10.1 Å². The van der Waals surface area contributed by atoms with Crippen LogP contribution in [0.4, 0.5) is 0 Å². The number of aromatic amines is 1. The van der Waals surface area contributed by atoms with E-state index in [4.69, 9.17) is 0 Å². The van der Waals surface area contributed by atoms with E-state index in [0.717, 1.165) is 12.8 Å². The molecule has 5 nitrogen and oxygen atoms in total. The van der Waals surface area contributed by atoms with Crippen molar-refractivity contribution in [2.45, 2.75) is 45.6 Å². The summed E-state index contributed by atoms with van der Waals surface area (Å²) in [6, 6.07) is 4.97. The summed E-state index contributed by atoms with van der Waals surface area (Å²) in [4.78, 5) is 26.4. The molecule has 0 amide bonds. The third-order valence-corrected chi connectivity index (χ3v) is 4.62. The van der Waals surface area contributed by atoms with Gasteiger partial charge in [-0.05, 0) is 30.4 Å². The van der Waals surface area contributed by atoms with Crippen LogP contribution in [-0.4, -0.2) is 20.6 Å². The first-order valence-corrected chi connectivity index (χ1v) is 7.45. The summed E-state index contributed by atoms with van der Waals surface area (Å²) >= 11 is 0. The van der Waals surface area contributed by atoms with Crippen LogP contribution in [-0.2, 0) is 6.54 Å². The van der Waals surface area contributed by atoms with E-state index in [-0.39, 0.29) is 16.7 Å². The Hall–Kier alpha value is -2.04. The van der Waals surface area contributed by atoms with Gasteiger partial charge in [-0.2, -0.15) is 0 Å². The summed E-state index contributed by atoms with van der Waals surface area (Å²) < 4.78 is 1.62. The third-order valence-electron chi connectivity index (χ3n) is 4.62. The second-order valence-electron chi connectivity index (χ2n) is 6.39. The molecule has 1 aromatic heterocycles.